The van der Waals surface area contributed by atoms with Crippen LogP contribution in [0.2, 0.25) is 0 Å². The van der Waals surface area contributed by atoms with Crippen LogP contribution in [-0.4, -0.2) is 5.11 Å². The maximum atomic E-state index is 10.7. The van der Waals surface area contributed by atoms with E-state index in [1.165, 1.54) is 65.7 Å². The number of benzene rings is 9. The van der Waals surface area contributed by atoms with E-state index in [0.717, 1.165) is 27.8 Å². The summed E-state index contributed by atoms with van der Waals surface area (Å²) in [5.41, 5.74) is 12.7. The fourth-order valence-corrected chi connectivity index (χ4v) is 7.85. The van der Waals surface area contributed by atoms with Crippen LogP contribution in [0.3, 0.4) is 0 Å². The molecule has 50 heavy (non-hydrogen) atoms. The molecule has 0 radical (unpaired) electrons. The summed E-state index contributed by atoms with van der Waals surface area (Å²) in [6.45, 7) is 2.15. The summed E-state index contributed by atoms with van der Waals surface area (Å²) in [6.07, 6.45) is 0. The number of rotatable bonds is 5. The summed E-state index contributed by atoms with van der Waals surface area (Å²) in [5.74, 6) is 0.294. The lowest BCUT2D eigenvalue weighted by Gasteiger charge is -2.19. The Balaban J connectivity index is 1.24. The molecule has 0 aliphatic carbocycles. The molecule has 0 amide bonds. The van der Waals surface area contributed by atoms with E-state index in [1.807, 2.05) is 18.2 Å². The zero-order chi connectivity index (χ0) is 33.6. The molecule has 0 saturated heterocycles. The van der Waals surface area contributed by atoms with Crippen LogP contribution < -0.4 is 0 Å². The average molecular weight is 639 g/mol. The Bertz CT molecular complexity index is 2670. The number of aromatic hydroxyl groups is 1. The Morgan fingerprint density at radius 2 is 0.720 bits per heavy atom. The van der Waals surface area contributed by atoms with Crippen molar-refractivity contribution in [2.45, 2.75) is 6.92 Å². The minimum atomic E-state index is 0.294. The average Bonchev–Trinajstić information content (AvgIpc) is 3.17. The van der Waals surface area contributed by atoms with Gasteiger partial charge in [-0.25, -0.2) is 0 Å². The monoisotopic (exact) mass is 638 g/mol. The van der Waals surface area contributed by atoms with E-state index in [9.17, 15) is 5.11 Å². The molecule has 0 aliphatic heterocycles. The Labute approximate surface area is 292 Å². The van der Waals surface area contributed by atoms with E-state index >= 15 is 0 Å². The molecule has 236 valence electrons. The first-order chi connectivity index (χ1) is 24.7. The lowest BCUT2D eigenvalue weighted by atomic mass is 9.84. The standard InChI is InChI=1S/C49H34O/c1-32-38(26-13-27-39(32)42-21-8-9-29-47(42)50)34-16-10-18-36(30-34)48-43-22-4-6-24-45(43)49(46-25-7-5-23-44(46)48)37-19-11-17-35(31-37)41-28-12-15-33-14-2-3-20-40(33)41/h2-31,50H,1H3. The number of para-hydroxylation sites is 1. The molecule has 1 heteroatoms. The van der Waals surface area contributed by atoms with Crippen LogP contribution in [0.5, 0.6) is 5.75 Å². The van der Waals surface area contributed by atoms with Gasteiger partial charge in [0.2, 0.25) is 0 Å². The molecule has 0 unspecified atom stereocenters. The van der Waals surface area contributed by atoms with Crippen LogP contribution in [0.15, 0.2) is 182 Å². The minimum Gasteiger partial charge on any atom is -0.507 e. The highest BCUT2D eigenvalue weighted by atomic mass is 16.3. The van der Waals surface area contributed by atoms with Gasteiger partial charge in [-0.2, -0.15) is 0 Å². The van der Waals surface area contributed by atoms with Crippen molar-refractivity contribution in [3.05, 3.63) is 188 Å². The first-order valence-corrected chi connectivity index (χ1v) is 17.2. The quantitative estimate of drug-likeness (QED) is 0.186. The zero-order valence-electron chi connectivity index (χ0n) is 27.8. The normalized spacial score (nSPS) is 11.4. The molecule has 0 aliphatic rings. The van der Waals surface area contributed by atoms with E-state index in [4.69, 9.17) is 0 Å². The molecule has 0 spiro atoms. The Hall–Kier alpha value is -6.44. The summed E-state index contributed by atoms with van der Waals surface area (Å²) >= 11 is 0. The Morgan fingerprint density at radius 1 is 0.320 bits per heavy atom. The van der Waals surface area contributed by atoms with Crippen LogP contribution in [0.25, 0.3) is 88.0 Å². The second kappa shape index (κ2) is 12.2. The fraction of sp³-hybridized carbons (Fsp3) is 0.0204. The van der Waals surface area contributed by atoms with Crippen LogP contribution >= 0.6 is 0 Å². The molecule has 0 atom stereocenters. The van der Waals surface area contributed by atoms with Gasteiger partial charge in [0.25, 0.3) is 0 Å². The SMILES string of the molecule is Cc1c(-c2cccc(-c3c4ccccc4c(-c4cccc(-c5cccc6ccccc56)c4)c4ccccc34)c2)cccc1-c1ccccc1O. The van der Waals surface area contributed by atoms with Gasteiger partial charge in [0.15, 0.2) is 0 Å². The highest BCUT2D eigenvalue weighted by molar-refractivity contribution is 6.21. The van der Waals surface area contributed by atoms with Crippen LogP contribution in [0, 0.1) is 6.92 Å². The molecule has 9 aromatic rings. The molecule has 0 fully saturated rings. The van der Waals surface area contributed by atoms with Crippen molar-refractivity contribution in [1.29, 1.82) is 0 Å². The van der Waals surface area contributed by atoms with Gasteiger partial charge in [-0.15, -0.1) is 0 Å². The van der Waals surface area contributed by atoms with Gasteiger partial charge in [0.05, 0.1) is 0 Å². The van der Waals surface area contributed by atoms with Crippen molar-refractivity contribution in [1.82, 2.24) is 0 Å². The Kier molecular flexibility index (Phi) is 7.25. The number of fused-ring (bicyclic) bond motifs is 3. The second-order valence-corrected chi connectivity index (χ2v) is 13.0. The maximum Gasteiger partial charge on any atom is 0.123 e. The molecular weight excluding hydrogens is 605 g/mol. The van der Waals surface area contributed by atoms with E-state index in [2.05, 4.69) is 165 Å². The summed E-state index contributed by atoms with van der Waals surface area (Å²) in [6, 6.07) is 64.8. The number of hydrogen-bond donors (Lipinski definition) is 1. The molecule has 0 aromatic heterocycles. The Morgan fingerprint density at radius 3 is 1.34 bits per heavy atom. The molecule has 9 rings (SSSR count). The predicted octanol–water partition coefficient (Wildman–Crippen LogP) is 13.5. The van der Waals surface area contributed by atoms with Crippen molar-refractivity contribution >= 4 is 32.3 Å². The lowest BCUT2D eigenvalue weighted by Crippen LogP contribution is -1.92. The topological polar surface area (TPSA) is 20.2 Å². The minimum absolute atomic E-state index is 0.294. The summed E-state index contributed by atoms with van der Waals surface area (Å²) < 4.78 is 0. The van der Waals surface area contributed by atoms with Crippen molar-refractivity contribution < 1.29 is 5.11 Å². The van der Waals surface area contributed by atoms with Crippen molar-refractivity contribution in [3.63, 3.8) is 0 Å². The van der Waals surface area contributed by atoms with Crippen molar-refractivity contribution in [2.75, 3.05) is 0 Å². The molecule has 0 bridgehead atoms. The van der Waals surface area contributed by atoms with Gasteiger partial charge in [-0.05, 0) is 113 Å². The first-order valence-electron chi connectivity index (χ1n) is 17.2. The molecule has 0 heterocycles. The summed E-state index contributed by atoms with van der Waals surface area (Å²) in [4.78, 5) is 0. The maximum absolute atomic E-state index is 10.7. The van der Waals surface area contributed by atoms with Crippen molar-refractivity contribution in [3.8, 4) is 61.4 Å². The largest absolute Gasteiger partial charge is 0.507 e. The third kappa shape index (κ3) is 4.95. The number of phenols is 1. The summed E-state index contributed by atoms with van der Waals surface area (Å²) in [7, 11) is 0. The molecule has 1 N–H and O–H groups in total. The lowest BCUT2D eigenvalue weighted by molar-refractivity contribution is 0.477. The molecule has 9 aromatic carbocycles. The van der Waals surface area contributed by atoms with Crippen molar-refractivity contribution in [2.24, 2.45) is 0 Å². The van der Waals surface area contributed by atoms with Gasteiger partial charge in [0.1, 0.15) is 5.75 Å². The molecule has 1 nitrogen and oxygen atoms in total. The van der Waals surface area contributed by atoms with E-state index in [1.54, 1.807) is 6.07 Å². The number of hydrogen-bond acceptors (Lipinski definition) is 1. The van der Waals surface area contributed by atoms with E-state index in [-0.39, 0.29) is 0 Å². The molecular formula is C49H34O. The highest BCUT2D eigenvalue weighted by Gasteiger charge is 2.18. The highest BCUT2D eigenvalue weighted by Crippen LogP contribution is 2.45. The van der Waals surface area contributed by atoms with Crippen LogP contribution in [-0.2, 0) is 0 Å². The van der Waals surface area contributed by atoms with Gasteiger partial charge >= 0.3 is 0 Å². The van der Waals surface area contributed by atoms with E-state index < -0.39 is 0 Å². The van der Waals surface area contributed by atoms with Crippen LogP contribution in [0.1, 0.15) is 5.56 Å². The predicted molar refractivity (Wildman–Crippen MR) is 213 cm³/mol. The third-order valence-electron chi connectivity index (χ3n) is 10.2. The smallest absolute Gasteiger partial charge is 0.123 e. The van der Waals surface area contributed by atoms with Crippen LogP contribution in [0.4, 0.5) is 0 Å². The zero-order valence-corrected chi connectivity index (χ0v) is 27.8. The number of phenolic OH excluding ortho intramolecular Hbond substituents is 1. The third-order valence-corrected chi connectivity index (χ3v) is 10.2. The fourth-order valence-electron chi connectivity index (χ4n) is 7.85. The van der Waals surface area contributed by atoms with Gasteiger partial charge in [0, 0.05) is 5.56 Å². The van der Waals surface area contributed by atoms with Gasteiger partial charge in [-0.3, -0.25) is 0 Å². The second-order valence-electron chi connectivity index (χ2n) is 13.0. The molecule has 0 saturated carbocycles. The van der Waals surface area contributed by atoms with Gasteiger partial charge < -0.3 is 5.11 Å². The van der Waals surface area contributed by atoms with Gasteiger partial charge in [-0.1, -0.05) is 164 Å². The first kappa shape index (κ1) is 29.7. The van der Waals surface area contributed by atoms with E-state index in [0.29, 0.717) is 5.75 Å². The summed E-state index contributed by atoms with van der Waals surface area (Å²) in [5, 5.41) is 18.1.